The van der Waals surface area contributed by atoms with E-state index in [1.54, 1.807) is 11.7 Å². The second kappa shape index (κ2) is 6.87. The van der Waals surface area contributed by atoms with E-state index in [0.29, 0.717) is 12.2 Å². The summed E-state index contributed by atoms with van der Waals surface area (Å²) in [5.41, 5.74) is 8.35. The second-order valence-electron chi connectivity index (χ2n) is 4.13. The van der Waals surface area contributed by atoms with Gasteiger partial charge in [0.15, 0.2) is 0 Å². The lowest BCUT2D eigenvalue weighted by Crippen LogP contribution is -2.00. The number of unbranched alkanes of at least 4 members (excludes halogenated alkanes) is 1. The molecule has 1 aromatic heterocycles. The zero-order valence-corrected chi connectivity index (χ0v) is 10.6. The average Bonchev–Trinajstić information content (AvgIpc) is 2.66. The van der Waals surface area contributed by atoms with Crippen LogP contribution in [0.15, 0.2) is 11.6 Å². The van der Waals surface area contributed by atoms with Crippen LogP contribution in [0.4, 0.5) is 0 Å². The van der Waals surface area contributed by atoms with Gasteiger partial charge in [-0.3, -0.25) is 4.68 Å². The summed E-state index contributed by atoms with van der Waals surface area (Å²) in [5.74, 6) is 0. The molecule has 0 bridgehead atoms. The van der Waals surface area contributed by atoms with E-state index in [9.17, 15) is 0 Å². The van der Waals surface area contributed by atoms with Crippen molar-refractivity contribution in [2.75, 3.05) is 6.54 Å². The van der Waals surface area contributed by atoms with Gasteiger partial charge in [0.2, 0.25) is 0 Å². The Labute approximate surface area is 103 Å². The molecule has 0 saturated heterocycles. The van der Waals surface area contributed by atoms with Gasteiger partial charge >= 0.3 is 0 Å². The fourth-order valence-electron chi connectivity index (χ4n) is 1.73. The van der Waals surface area contributed by atoms with E-state index >= 15 is 0 Å². The minimum Gasteiger partial charge on any atom is -0.330 e. The molecule has 0 fully saturated rings. The molecule has 4 heteroatoms. The van der Waals surface area contributed by atoms with E-state index in [2.05, 4.69) is 24.2 Å². The van der Waals surface area contributed by atoms with Crippen LogP contribution in [-0.4, -0.2) is 16.3 Å². The molecule has 0 atom stereocenters. The number of nitriles is 1. The topological polar surface area (TPSA) is 67.6 Å². The van der Waals surface area contributed by atoms with Crippen LogP contribution in [0.1, 0.15) is 44.0 Å². The predicted octanol–water partition coefficient (Wildman–Crippen LogP) is 2.21. The fraction of sp³-hybridized carbons (Fsp3) is 0.538. The van der Waals surface area contributed by atoms with Crippen LogP contribution in [0.5, 0.6) is 0 Å². The molecule has 1 rings (SSSR count). The monoisotopic (exact) mass is 232 g/mol. The summed E-state index contributed by atoms with van der Waals surface area (Å²) in [7, 11) is 1.78. The van der Waals surface area contributed by atoms with Gasteiger partial charge in [0.25, 0.3) is 0 Å². The molecule has 0 aromatic carbocycles. The van der Waals surface area contributed by atoms with E-state index in [1.807, 2.05) is 6.07 Å². The van der Waals surface area contributed by atoms with E-state index in [4.69, 9.17) is 11.0 Å². The van der Waals surface area contributed by atoms with Crippen molar-refractivity contribution in [1.29, 1.82) is 5.26 Å². The van der Waals surface area contributed by atoms with Crippen molar-refractivity contribution in [2.24, 2.45) is 12.8 Å². The summed E-state index contributed by atoms with van der Waals surface area (Å²) in [6, 6.07) is 3.92. The number of nitrogens with zero attached hydrogens (tertiary/aromatic N) is 3. The molecule has 0 aliphatic rings. The number of aryl methyl sites for hydroxylation is 1. The van der Waals surface area contributed by atoms with Gasteiger partial charge in [-0.1, -0.05) is 18.9 Å². The molecular weight excluding hydrogens is 212 g/mol. The molecule has 0 saturated carbocycles. The van der Waals surface area contributed by atoms with Crippen LogP contribution in [0.25, 0.3) is 6.08 Å². The molecule has 0 aliphatic carbocycles. The third-order valence-electron chi connectivity index (χ3n) is 2.68. The lowest BCUT2D eigenvalue weighted by Gasteiger charge is -2.03. The van der Waals surface area contributed by atoms with Crippen molar-refractivity contribution < 1.29 is 0 Å². The van der Waals surface area contributed by atoms with Gasteiger partial charge in [-0.2, -0.15) is 10.4 Å². The molecule has 1 heterocycles. The SMILES string of the molecule is CCCC/C(=C/c1cc(C#N)n(C)n1)CCN. The summed E-state index contributed by atoms with van der Waals surface area (Å²) >= 11 is 0. The molecule has 2 N–H and O–H groups in total. The smallest absolute Gasteiger partial charge is 0.138 e. The van der Waals surface area contributed by atoms with E-state index in [0.717, 1.165) is 18.5 Å². The van der Waals surface area contributed by atoms with Crippen molar-refractivity contribution >= 4 is 6.08 Å². The van der Waals surface area contributed by atoms with Crippen molar-refractivity contribution in [3.05, 3.63) is 23.0 Å². The maximum Gasteiger partial charge on any atom is 0.138 e. The van der Waals surface area contributed by atoms with Crippen molar-refractivity contribution in [3.63, 3.8) is 0 Å². The molecule has 0 spiro atoms. The molecular formula is C13H20N4. The molecule has 4 nitrogen and oxygen atoms in total. The Morgan fingerprint density at radius 2 is 2.35 bits per heavy atom. The van der Waals surface area contributed by atoms with Crippen molar-refractivity contribution in [3.8, 4) is 6.07 Å². The number of hydrogen-bond donors (Lipinski definition) is 1. The Kier molecular flexibility index (Phi) is 5.44. The average molecular weight is 232 g/mol. The van der Waals surface area contributed by atoms with E-state index < -0.39 is 0 Å². The third kappa shape index (κ3) is 4.04. The van der Waals surface area contributed by atoms with Crippen LogP contribution < -0.4 is 5.73 Å². The van der Waals surface area contributed by atoms with Gasteiger partial charge < -0.3 is 5.73 Å². The first-order chi connectivity index (χ1) is 8.21. The van der Waals surface area contributed by atoms with Gasteiger partial charge in [-0.15, -0.1) is 0 Å². The fourth-order valence-corrected chi connectivity index (χ4v) is 1.73. The normalized spacial score (nSPS) is 11.5. The van der Waals surface area contributed by atoms with Gasteiger partial charge in [0, 0.05) is 13.1 Å². The first-order valence-electron chi connectivity index (χ1n) is 6.05. The van der Waals surface area contributed by atoms with Crippen LogP contribution in [0.2, 0.25) is 0 Å². The Morgan fingerprint density at radius 1 is 1.59 bits per heavy atom. The molecule has 92 valence electrons. The quantitative estimate of drug-likeness (QED) is 0.817. The molecule has 0 unspecified atom stereocenters. The van der Waals surface area contributed by atoms with Crippen LogP contribution in [0.3, 0.4) is 0 Å². The van der Waals surface area contributed by atoms with E-state index in [-0.39, 0.29) is 0 Å². The Balaban J connectivity index is 2.84. The first kappa shape index (κ1) is 13.5. The number of nitrogens with two attached hydrogens (primary N) is 1. The Morgan fingerprint density at radius 3 is 2.88 bits per heavy atom. The molecule has 0 radical (unpaired) electrons. The summed E-state index contributed by atoms with van der Waals surface area (Å²) in [4.78, 5) is 0. The lowest BCUT2D eigenvalue weighted by atomic mass is 10.0. The molecule has 0 amide bonds. The first-order valence-corrected chi connectivity index (χ1v) is 6.05. The van der Waals surface area contributed by atoms with Gasteiger partial charge in [-0.05, 0) is 31.9 Å². The summed E-state index contributed by atoms with van der Waals surface area (Å²) in [6.45, 7) is 2.84. The minimum absolute atomic E-state index is 0.582. The number of hydrogen-bond acceptors (Lipinski definition) is 3. The largest absolute Gasteiger partial charge is 0.330 e. The zero-order valence-electron chi connectivity index (χ0n) is 10.6. The number of aromatic nitrogens is 2. The standard InChI is InChI=1S/C13H20N4/c1-3-4-5-11(6-7-14)8-12-9-13(10-15)17(2)16-12/h8-9H,3-7,14H2,1-2H3/b11-8-. The maximum absolute atomic E-state index is 8.86. The second-order valence-corrected chi connectivity index (χ2v) is 4.13. The summed E-state index contributed by atoms with van der Waals surface area (Å²) < 4.78 is 1.60. The molecule has 17 heavy (non-hydrogen) atoms. The minimum atomic E-state index is 0.582. The van der Waals surface area contributed by atoms with Crippen LogP contribution in [0, 0.1) is 11.3 Å². The summed E-state index contributed by atoms with van der Waals surface area (Å²) in [6.07, 6.45) is 6.37. The predicted molar refractivity (Wildman–Crippen MR) is 69.1 cm³/mol. The highest BCUT2D eigenvalue weighted by atomic mass is 15.3. The van der Waals surface area contributed by atoms with Gasteiger partial charge in [0.1, 0.15) is 11.8 Å². The van der Waals surface area contributed by atoms with Crippen molar-refractivity contribution in [1.82, 2.24) is 9.78 Å². The molecule has 0 aliphatic heterocycles. The number of rotatable bonds is 6. The van der Waals surface area contributed by atoms with Gasteiger partial charge in [0.05, 0.1) is 5.69 Å². The lowest BCUT2D eigenvalue weighted by molar-refractivity contribution is 0.746. The van der Waals surface area contributed by atoms with Gasteiger partial charge in [-0.25, -0.2) is 0 Å². The highest BCUT2D eigenvalue weighted by molar-refractivity contribution is 5.50. The summed E-state index contributed by atoms with van der Waals surface area (Å²) in [5, 5.41) is 13.1. The highest BCUT2D eigenvalue weighted by Gasteiger charge is 2.03. The third-order valence-corrected chi connectivity index (χ3v) is 2.68. The maximum atomic E-state index is 8.86. The van der Waals surface area contributed by atoms with Crippen LogP contribution in [-0.2, 0) is 7.05 Å². The zero-order chi connectivity index (χ0) is 12.7. The Hall–Kier alpha value is -1.60. The van der Waals surface area contributed by atoms with Crippen LogP contribution >= 0.6 is 0 Å². The molecule has 1 aromatic rings. The highest BCUT2D eigenvalue weighted by Crippen LogP contribution is 2.15. The van der Waals surface area contributed by atoms with Crippen molar-refractivity contribution in [2.45, 2.75) is 32.6 Å². The Bertz CT molecular complexity index is 423. The van der Waals surface area contributed by atoms with E-state index in [1.165, 1.54) is 18.4 Å².